The SMILES string of the molecule is COCCN1C(=O)c2n[nH]c(-c3ccco3)c2[C@H]1c1ccc(OC)c(OC)c1. The van der Waals surface area contributed by atoms with E-state index in [0.717, 1.165) is 11.1 Å². The van der Waals surface area contributed by atoms with Crippen LogP contribution in [-0.2, 0) is 4.74 Å². The summed E-state index contributed by atoms with van der Waals surface area (Å²) in [6.45, 7) is 0.849. The van der Waals surface area contributed by atoms with Gasteiger partial charge in [-0.25, -0.2) is 0 Å². The number of H-pyrrole nitrogens is 1. The molecule has 0 spiro atoms. The highest BCUT2D eigenvalue weighted by Crippen LogP contribution is 2.44. The molecular formula is C20H21N3O5. The van der Waals surface area contributed by atoms with E-state index >= 15 is 0 Å². The predicted molar refractivity (Wildman–Crippen MR) is 101 cm³/mol. The van der Waals surface area contributed by atoms with Crippen molar-refractivity contribution in [3.05, 3.63) is 53.4 Å². The summed E-state index contributed by atoms with van der Waals surface area (Å²) in [4.78, 5) is 14.8. The Morgan fingerprint density at radius 1 is 1.18 bits per heavy atom. The normalized spacial score (nSPS) is 15.8. The first kappa shape index (κ1) is 18.1. The number of aromatic nitrogens is 2. The van der Waals surface area contributed by atoms with Crippen LogP contribution in [0.15, 0.2) is 41.0 Å². The monoisotopic (exact) mass is 383 g/mol. The zero-order chi connectivity index (χ0) is 19.7. The highest BCUT2D eigenvalue weighted by molar-refractivity contribution is 6.00. The molecule has 0 unspecified atom stereocenters. The second-order valence-electron chi connectivity index (χ2n) is 6.35. The fourth-order valence-electron chi connectivity index (χ4n) is 3.59. The van der Waals surface area contributed by atoms with E-state index in [2.05, 4.69) is 10.2 Å². The number of aromatic amines is 1. The second-order valence-corrected chi connectivity index (χ2v) is 6.35. The zero-order valence-corrected chi connectivity index (χ0v) is 15.9. The number of carbonyl (C=O) groups is 1. The molecule has 1 amide bonds. The molecule has 1 aromatic carbocycles. The number of benzene rings is 1. The van der Waals surface area contributed by atoms with E-state index < -0.39 is 0 Å². The van der Waals surface area contributed by atoms with Crippen molar-refractivity contribution >= 4 is 5.91 Å². The molecule has 0 saturated heterocycles. The number of hydrogen-bond donors (Lipinski definition) is 1. The van der Waals surface area contributed by atoms with Crippen molar-refractivity contribution in [2.45, 2.75) is 6.04 Å². The Labute approximate surface area is 162 Å². The summed E-state index contributed by atoms with van der Waals surface area (Å²) in [6, 6.07) is 8.92. The molecule has 146 valence electrons. The Morgan fingerprint density at radius 3 is 2.68 bits per heavy atom. The molecule has 0 aliphatic carbocycles. The third-order valence-electron chi connectivity index (χ3n) is 4.88. The van der Waals surface area contributed by atoms with Crippen LogP contribution in [0.1, 0.15) is 27.7 Å². The van der Waals surface area contributed by atoms with Crippen LogP contribution < -0.4 is 9.47 Å². The Bertz CT molecular complexity index is 980. The van der Waals surface area contributed by atoms with E-state index in [1.54, 1.807) is 38.6 Å². The summed E-state index contributed by atoms with van der Waals surface area (Å²) >= 11 is 0. The Kier molecular flexibility index (Phi) is 4.79. The van der Waals surface area contributed by atoms with Gasteiger partial charge in [0.25, 0.3) is 5.91 Å². The summed E-state index contributed by atoms with van der Waals surface area (Å²) in [7, 11) is 4.78. The standard InChI is InChI=1S/C20H21N3O5/c1-25-10-8-23-19(12-6-7-13(26-2)15(11-12)27-3)16-17(14-5-4-9-28-14)21-22-18(16)20(23)24/h4-7,9,11,19H,8,10H2,1-3H3,(H,21,22)/t19-/m1/s1. The smallest absolute Gasteiger partial charge is 0.275 e. The number of carbonyl (C=O) groups excluding carboxylic acids is 1. The average molecular weight is 383 g/mol. The lowest BCUT2D eigenvalue weighted by Gasteiger charge is -2.26. The van der Waals surface area contributed by atoms with Gasteiger partial charge in [0.15, 0.2) is 23.0 Å². The molecule has 0 saturated carbocycles. The lowest BCUT2D eigenvalue weighted by molar-refractivity contribution is 0.0677. The summed E-state index contributed by atoms with van der Waals surface area (Å²) in [6.07, 6.45) is 1.59. The van der Waals surface area contributed by atoms with Crippen LogP contribution in [0.5, 0.6) is 11.5 Å². The van der Waals surface area contributed by atoms with Crippen molar-refractivity contribution in [1.82, 2.24) is 15.1 Å². The van der Waals surface area contributed by atoms with E-state index in [-0.39, 0.29) is 11.9 Å². The third-order valence-corrected chi connectivity index (χ3v) is 4.88. The summed E-state index contributed by atoms with van der Waals surface area (Å²) in [5.74, 6) is 1.69. The Morgan fingerprint density at radius 2 is 2.00 bits per heavy atom. The maximum atomic E-state index is 13.0. The van der Waals surface area contributed by atoms with E-state index in [1.165, 1.54) is 0 Å². The molecule has 3 aromatic rings. The minimum atomic E-state index is -0.351. The maximum Gasteiger partial charge on any atom is 0.275 e. The van der Waals surface area contributed by atoms with Crippen LogP contribution in [0.4, 0.5) is 0 Å². The van der Waals surface area contributed by atoms with Crippen molar-refractivity contribution in [1.29, 1.82) is 0 Å². The molecular weight excluding hydrogens is 362 g/mol. The molecule has 4 rings (SSSR count). The minimum Gasteiger partial charge on any atom is -0.493 e. The first-order valence-electron chi connectivity index (χ1n) is 8.83. The number of furan rings is 1. The minimum absolute atomic E-state index is 0.152. The second kappa shape index (κ2) is 7.40. The van der Waals surface area contributed by atoms with Crippen LogP contribution in [0.2, 0.25) is 0 Å². The quantitative estimate of drug-likeness (QED) is 0.675. The molecule has 1 atom stereocenters. The van der Waals surface area contributed by atoms with Crippen molar-refractivity contribution in [3.8, 4) is 23.0 Å². The molecule has 0 radical (unpaired) electrons. The van der Waals surface area contributed by atoms with Gasteiger partial charge in [-0.15, -0.1) is 0 Å². The van der Waals surface area contributed by atoms with Crippen molar-refractivity contribution in [3.63, 3.8) is 0 Å². The maximum absolute atomic E-state index is 13.0. The first-order valence-corrected chi connectivity index (χ1v) is 8.83. The molecule has 1 N–H and O–H groups in total. The lowest BCUT2D eigenvalue weighted by Crippen LogP contribution is -2.32. The number of nitrogens with one attached hydrogen (secondary N) is 1. The van der Waals surface area contributed by atoms with Gasteiger partial charge in [-0.3, -0.25) is 9.89 Å². The van der Waals surface area contributed by atoms with Gasteiger partial charge in [-0.1, -0.05) is 6.07 Å². The van der Waals surface area contributed by atoms with Crippen LogP contribution in [0.25, 0.3) is 11.5 Å². The molecule has 1 aliphatic heterocycles. The van der Waals surface area contributed by atoms with E-state index in [0.29, 0.717) is 41.8 Å². The Balaban J connectivity index is 1.86. The fourth-order valence-corrected chi connectivity index (χ4v) is 3.59. The molecule has 0 fully saturated rings. The first-order chi connectivity index (χ1) is 13.7. The van der Waals surface area contributed by atoms with Crippen LogP contribution >= 0.6 is 0 Å². The predicted octanol–water partition coefficient (Wildman–Crippen LogP) is 2.88. The van der Waals surface area contributed by atoms with E-state index in [9.17, 15) is 4.79 Å². The van der Waals surface area contributed by atoms with E-state index in [4.69, 9.17) is 18.6 Å². The van der Waals surface area contributed by atoms with Crippen molar-refractivity contribution < 1.29 is 23.4 Å². The van der Waals surface area contributed by atoms with Gasteiger partial charge in [-0.2, -0.15) is 5.10 Å². The van der Waals surface area contributed by atoms with Gasteiger partial charge in [0, 0.05) is 19.2 Å². The number of amides is 1. The molecule has 8 nitrogen and oxygen atoms in total. The van der Waals surface area contributed by atoms with Gasteiger partial charge >= 0.3 is 0 Å². The number of nitrogens with zero attached hydrogens (tertiary/aromatic N) is 2. The van der Waals surface area contributed by atoms with Gasteiger partial charge in [0.2, 0.25) is 0 Å². The molecule has 3 heterocycles. The van der Waals surface area contributed by atoms with Gasteiger partial charge in [0.1, 0.15) is 5.69 Å². The highest BCUT2D eigenvalue weighted by atomic mass is 16.5. The fraction of sp³-hybridized carbons (Fsp3) is 0.300. The highest BCUT2D eigenvalue weighted by Gasteiger charge is 2.43. The van der Waals surface area contributed by atoms with E-state index in [1.807, 2.05) is 24.3 Å². The van der Waals surface area contributed by atoms with Crippen LogP contribution in [0.3, 0.4) is 0 Å². The summed E-state index contributed by atoms with van der Waals surface area (Å²) < 4.78 is 21.6. The lowest BCUT2D eigenvalue weighted by atomic mass is 9.97. The number of hydrogen-bond acceptors (Lipinski definition) is 6. The average Bonchev–Trinajstić information content (AvgIpc) is 3.44. The molecule has 2 aromatic heterocycles. The van der Waals surface area contributed by atoms with Crippen LogP contribution in [0, 0.1) is 0 Å². The molecule has 0 bridgehead atoms. The van der Waals surface area contributed by atoms with Crippen molar-refractivity contribution in [2.24, 2.45) is 0 Å². The van der Waals surface area contributed by atoms with Crippen molar-refractivity contribution in [2.75, 3.05) is 34.5 Å². The number of fused-ring (bicyclic) bond motifs is 1. The molecule has 28 heavy (non-hydrogen) atoms. The van der Waals surface area contributed by atoms with Crippen LogP contribution in [-0.4, -0.2) is 55.5 Å². The largest absolute Gasteiger partial charge is 0.493 e. The molecule has 8 heteroatoms. The third kappa shape index (κ3) is 2.82. The number of rotatable bonds is 7. The Hall–Kier alpha value is -3.26. The zero-order valence-electron chi connectivity index (χ0n) is 15.9. The van der Waals surface area contributed by atoms with Gasteiger partial charge in [0.05, 0.1) is 33.1 Å². The topological polar surface area (TPSA) is 89.8 Å². The van der Waals surface area contributed by atoms with Gasteiger partial charge < -0.3 is 23.5 Å². The number of methoxy groups -OCH3 is 3. The number of ether oxygens (including phenoxy) is 3. The summed E-state index contributed by atoms with van der Waals surface area (Å²) in [5.41, 5.74) is 2.74. The summed E-state index contributed by atoms with van der Waals surface area (Å²) in [5, 5.41) is 7.23. The van der Waals surface area contributed by atoms with Gasteiger partial charge in [-0.05, 0) is 29.8 Å². The molecule has 1 aliphatic rings.